The van der Waals surface area contributed by atoms with Gasteiger partial charge >= 0.3 is 6.61 Å². The van der Waals surface area contributed by atoms with Gasteiger partial charge in [0.15, 0.2) is 0 Å². The monoisotopic (exact) mass is 336 g/mol. The lowest BCUT2D eigenvalue weighted by Gasteiger charge is -2.13. The summed E-state index contributed by atoms with van der Waals surface area (Å²) in [6, 6.07) is 3.11. The van der Waals surface area contributed by atoms with E-state index in [4.69, 9.17) is 0 Å². The topological polar surface area (TPSA) is 50.4 Å². The molecule has 0 atom stereocenters. The molecule has 0 spiro atoms. The third-order valence-corrected chi connectivity index (χ3v) is 2.94. The van der Waals surface area contributed by atoms with Crippen LogP contribution < -0.4 is 15.4 Å². The number of hydrogen-bond donors (Lipinski definition) is 2. The summed E-state index contributed by atoms with van der Waals surface area (Å²) in [5.74, 6) is -0.0887. The molecule has 4 nitrogen and oxygen atoms in total. The Morgan fingerprint density at radius 3 is 2.27 bits per heavy atom. The Morgan fingerprint density at radius 1 is 1.18 bits per heavy atom. The Labute approximate surface area is 136 Å². The molecule has 0 bridgehead atoms. The fraction of sp³-hybridized carbons (Fsp3) is 0.533. The second-order valence-corrected chi connectivity index (χ2v) is 4.82. The Kier molecular flexibility index (Phi) is 9.69. The van der Waals surface area contributed by atoms with Gasteiger partial charge in [-0.15, -0.1) is 12.4 Å². The molecular weight excluding hydrogens is 314 g/mol. The molecule has 0 aromatic heterocycles. The molecule has 0 aliphatic carbocycles. The van der Waals surface area contributed by atoms with E-state index in [2.05, 4.69) is 22.3 Å². The van der Waals surface area contributed by atoms with Gasteiger partial charge < -0.3 is 15.4 Å². The van der Waals surface area contributed by atoms with Crippen LogP contribution in [0.1, 0.15) is 34.8 Å². The van der Waals surface area contributed by atoms with E-state index in [9.17, 15) is 13.6 Å². The van der Waals surface area contributed by atoms with Crippen molar-refractivity contribution in [3.05, 3.63) is 28.8 Å². The van der Waals surface area contributed by atoms with Gasteiger partial charge in [-0.3, -0.25) is 4.79 Å². The number of carbonyl (C=O) groups is 1. The molecule has 0 aliphatic heterocycles. The molecule has 0 saturated heterocycles. The van der Waals surface area contributed by atoms with Crippen LogP contribution in [0.3, 0.4) is 0 Å². The molecule has 0 saturated carbocycles. The summed E-state index contributed by atoms with van der Waals surface area (Å²) >= 11 is 0. The average molecular weight is 337 g/mol. The maximum atomic E-state index is 12.3. The first-order valence-electron chi connectivity index (χ1n) is 7.00. The smallest absolute Gasteiger partial charge is 0.387 e. The molecule has 1 amide bonds. The van der Waals surface area contributed by atoms with Gasteiger partial charge in [0.2, 0.25) is 0 Å². The minimum Gasteiger partial charge on any atom is -0.434 e. The van der Waals surface area contributed by atoms with Gasteiger partial charge in [0.1, 0.15) is 5.75 Å². The zero-order valence-electron chi connectivity index (χ0n) is 13.0. The van der Waals surface area contributed by atoms with Crippen LogP contribution >= 0.6 is 12.4 Å². The van der Waals surface area contributed by atoms with Crippen molar-refractivity contribution in [3.8, 4) is 5.75 Å². The van der Waals surface area contributed by atoms with E-state index >= 15 is 0 Å². The second kappa shape index (κ2) is 10.3. The first-order valence-corrected chi connectivity index (χ1v) is 7.00. The Bertz CT molecular complexity index is 462. The van der Waals surface area contributed by atoms with Crippen molar-refractivity contribution in [3.63, 3.8) is 0 Å². The summed E-state index contributed by atoms with van der Waals surface area (Å²) in [6.45, 7) is 4.62. The van der Waals surface area contributed by atoms with Crippen molar-refractivity contribution < 1.29 is 18.3 Å². The van der Waals surface area contributed by atoms with Crippen molar-refractivity contribution in [1.29, 1.82) is 0 Å². The predicted octanol–water partition coefficient (Wildman–Crippen LogP) is 3.06. The molecule has 1 aromatic rings. The van der Waals surface area contributed by atoms with Crippen molar-refractivity contribution in [1.82, 2.24) is 10.6 Å². The number of halogens is 3. The molecule has 0 fully saturated rings. The molecular formula is C15H23ClF2N2O2. The maximum absolute atomic E-state index is 12.3. The number of alkyl halides is 2. The summed E-state index contributed by atoms with van der Waals surface area (Å²) in [7, 11) is 0. The number of ether oxygens (including phenoxy) is 1. The molecule has 126 valence electrons. The fourth-order valence-corrected chi connectivity index (χ4v) is 2.02. The molecule has 0 radical (unpaired) electrons. The third-order valence-electron chi connectivity index (χ3n) is 2.94. The first kappa shape index (κ1) is 20.6. The van der Waals surface area contributed by atoms with Gasteiger partial charge in [-0.2, -0.15) is 8.78 Å². The highest BCUT2D eigenvalue weighted by Crippen LogP contribution is 2.26. The lowest BCUT2D eigenvalue weighted by Crippen LogP contribution is -2.32. The highest BCUT2D eigenvalue weighted by atomic mass is 35.5. The summed E-state index contributed by atoms with van der Waals surface area (Å²) < 4.78 is 29.1. The Hall–Kier alpha value is -1.40. The number of benzene rings is 1. The van der Waals surface area contributed by atoms with E-state index in [0.717, 1.165) is 13.0 Å². The molecule has 7 heteroatoms. The molecule has 1 aromatic carbocycles. The van der Waals surface area contributed by atoms with E-state index in [1.54, 1.807) is 26.0 Å². The Morgan fingerprint density at radius 2 is 1.77 bits per heavy atom. The molecule has 0 aliphatic rings. The van der Waals surface area contributed by atoms with Crippen LogP contribution in [0.4, 0.5) is 8.78 Å². The fourth-order valence-electron chi connectivity index (χ4n) is 2.02. The number of carbonyl (C=O) groups excluding carboxylic acids is 1. The zero-order chi connectivity index (χ0) is 15.8. The van der Waals surface area contributed by atoms with Crippen molar-refractivity contribution in [2.75, 3.05) is 19.6 Å². The minimum absolute atomic E-state index is 0. The minimum atomic E-state index is -2.87. The highest BCUT2D eigenvalue weighted by Gasteiger charge is 2.14. The van der Waals surface area contributed by atoms with E-state index in [-0.39, 0.29) is 24.1 Å². The third kappa shape index (κ3) is 6.58. The Balaban J connectivity index is 0.00000441. The summed E-state index contributed by atoms with van der Waals surface area (Å²) in [5.41, 5.74) is 1.48. The van der Waals surface area contributed by atoms with Crippen LogP contribution in [0.5, 0.6) is 5.75 Å². The van der Waals surface area contributed by atoms with Gasteiger partial charge in [0, 0.05) is 18.7 Å². The van der Waals surface area contributed by atoms with Crippen molar-refractivity contribution in [2.24, 2.45) is 0 Å². The quantitative estimate of drug-likeness (QED) is 0.717. The molecule has 2 N–H and O–H groups in total. The van der Waals surface area contributed by atoms with Gasteiger partial charge in [-0.1, -0.05) is 6.92 Å². The van der Waals surface area contributed by atoms with E-state index in [1.807, 2.05) is 0 Å². The lowest BCUT2D eigenvalue weighted by molar-refractivity contribution is -0.0507. The number of aryl methyl sites for hydroxylation is 2. The summed E-state index contributed by atoms with van der Waals surface area (Å²) in [5, 5.41) is 5.96. The van der Waals surface area contributed by atoms with Crippen molar-refractivity contribution in [2.45, 2.75) is 33.8 Å². The number of rotatable bonds is 8. The largest absolute Gasteiger partial charge is 0.434 e. The van der Waals surface area contributed by atoms with Crippen LogP contribution in [0.25, 0.3) is 0 Å². The number of hydrogen-bond acceptors (Lipinski definition) is 3. The molecule has 0 heterocycles. The second-order valence-electron chi connectivity index (χ2n) is 4.82. The highest BCUT2D eigenvalue weighted by molar-refractivity contribution is 5.94. The molecule has 0 unspecified atom stereocenters. The summed E-state index contributed by atoms with van der Waals surface area (Å²) in [4.78, 5) is 12.0. The SMILES string of the molecule is CCCNCCNC(=O)c1cc(C)c(OC(F)F)c(C)c1.Cl. The van der Waals surface area contributed by atoms with Crippen LogP contribution in [0.2, 0.25) is 0 Å². The van der Waals surface area contributed by atoms with Crippen LogP contribution in [-0.4, -0.2) is 32.2 Å². The van der Waals surface area contributed by atoms with Gasteiger partial charge in [0.05, 0.1) is 0 Å². The van der Waals surface area contributed by atoms with Crippen LogP contribution in [0, 0.1) is 13.8 Å². The van der Waals surface area contributed by atoms with Gasteiger partial charge in [-0.05, 0) is 50.1 Å². The van der Waals surface area contributed by atoms with Gasteiger partial charge in [-0.25, -0.2) is 0 Å². The average Bonchev–Trinajstić information content (AvgIpc) is 2.42. The maximum Gasteiger partial charge on any atom is 0.387 e. The van der Waals surface area contributed by atoms with Crippen molar-refractivity contribution >= 4 is 18.3 Å². The standard InChI is InChI=1S/C15H22F2N2O2.ClH/c1-4-5-18-6-7-19-14(20)12-8-10(2)13(11(3)9-12)21-15(16)17;/h8-9,15,18H,4-7H2,1-3H3,(H,19,20);1H. The normalized spacial score (nSPS) is 10.3. The lowest BCUT2D eigenvalue weighted by atomic mass is 10.1. The number of amides is 1. The van der Waals surface area contributed by atoms with Gasteiger partial charge in [0.25, 0.3) is 5.91 Å². The van der Waals surface area contributed by atoms with E-state index in [1.165, 1.54) is 0 Å². The van der Waals surface area contributed by atoms with Crippen LogP contribution in [0.15, 0.2) is 12.1 Å². The molecule has 22 heavy (non-hydrogen) atoms. The first-order chi connectivity index (χ1) is 9.95. The number of nitrogens with one attached hydrogen (secondary N) is 2. The van der Waals surface area contributed by atoms with Crippen LogP contribution in [-0.2, 0) is 0 Å². The van der Waals surface area contributed by atoms with E-state index in [0.29, 0.717) is 29.8 Å². The molecule has 1 rings (SSSR count). The van der Waals surface area contributed by atoms with E-state index < -0.39 is 6.61 Å². The zero-order valence-corrected chi connectivity index (χ0v) is 13.9. The predicted molar refractivity (Wildman–Crippen MR) is 85.3 cm³/mol. The summed E-state index contributed by atoms with van der Waals surface area (Å²) in [6.07, 6.45) is 1.04.